The molecule has 3 rings (SSSR count). The van der Waals surface area contributed by atoms with Crippen LogP contribution in [0.1, 0.15) is 44.9 Å². The summed E-state index contributed by atoms with van der Waals surface area (Å²) in [7, 11) is 0. The van der Waals surface area contributed by atoms with Crippen LogP contribution >= 0.6 is 11.6 Å². The normalized spacial score (nSPS) is 20.9. The van der Waals surface area contributed by atoms with E-state index in [1.165, 1.54) is 19.3 Å². The van der Waals surface area contributed by atoms with E-state index in [1.54, 1.807) is 6.20 Å². The van der Waals surface area contributed by atoms with Crippen molar-refractivity contribution in [2.45, 2.75) is 51.0 Å². The molecule has 2 heterocycles. The number of hydrogen-bond donors (Lipinski definition) is 1. The monoisotopic (exact) mass is 321 g/mol. The average Bonchev–Trinajstić information content (AvgIpc) is 2.56. The van der Waals surface area contributed by atoms with Crippen LogP contribution in [0, 0.1) is 5.92 Å². The maximum Gasteiger partial charge on any atom is 0.223 e. The molecule has 4 nitrogen and oxygen atoms in total. The minimum Gasteiger partial charge on any atom is -0.355 e. The summed E-state index contributed by atoms with van der Waals surface area (Å²) in [4.78, 5) is 19.0. The minimum absolute atomic E-state index is 0.140. The van der Waals surface area contributed by atoms with Crippen molar-refractivity contribution >= 4 is 23.3 Å². The summed E-state index contributed by atoms with van der Waals surface area (Å²) in [6.45, 7) is 1.69. The molecule has 1 saturated heterocycles. The zero-order valence-corrected chi connectivity index (χ0v) is 13.7. The van der Waals surface area contributed by atoms with Crippen LogP contribution in [-0.2, 0) is 4.79 Å². The van der Waals surface area contributed by atoms with Gasteiger partial charge in [0.25, 0.3) is 0 Å². The highest BCUT2D eigenvalue weighted by atomic mass is 35.5. The van der Waals surface area contributed by atoms with E-state index in [9.17, 15) is 4.79 Å². The zero-order valence-electron chi connectivity index (χ0n) is 12.9. The van der Waals surface area contributed by atoms with Gasteiger partial charge < -0.3 is 10.2 Å². The largest absolute Gasteiger partial charge is 0.355 e. The van der Waals surface area contributed by atoms with Crippen molar-refractivity contribution in [2.75, 3.05) is 18.0 Å². The summed E-state index contributed by atoms with van der Waals surface area (Å²) in [6, 6.07) is 4.12. The Balaban J connectivity index is 1.51. The SMILES string of the molecule is O=C(NC1CCCCC1)C1CCN(c2ncccc2Cl)CC1. The molecule has 0 spiro atoms. The van der Waals surface area contributed by atoms with Gasteiger partial charge in [-0.3, -0.25) is 4.79 Å². The van der Waals surface area contributed by atoms with Crippen molar-refractivity contribution in [3.63, 3.8) is 0 Å². The van der Waals surface area contributed by atoms with Crippen LogP contribution in [0.3, 0.4) is 0 Å². The average molecular weight is 322 g/mol. The molecule has 1 saturated carbocycles. The molecule has 22 heavy (non-hydrogen) atoms. The number of carbonyl (C=O) groups is 1. The number of pyridine rings is 1. The molecule has 1 amide bonds. The summed E-state index contributed by atoms with van der Waals surface area (Å²) in [5.41, 5.74) is 0. The van der Waals surface area contributed by atoms with Gasteiger partial charge in [-0.1, -0.05) is 30.9 Å². The Bertz CT molecular complexity index is 508. The number of anilines is 1. The van der Waals surface area contributed by atoms with Crippen molar-refractivity contribution in [1.29, 1.82) is 0 Å². The van der Waals surface area contributed by atoms with E-state index >= 15 is 0 Å². The second-order valence-corrected chi connectivity index (χ2v) is 6.82. The maximum absolute atomic E-state index is 12.4. The van der Waals surface area contributed by atoms with Gasteiger partial charge in [-0.05, 0) is 37.8 Å². The second-order valence-electron chi connectivity index (χ2n) is 6.41. The third-order valence-electron chi connectivity index (χ3n) is 4.86. The third-order valence-corrected chi connectivity index (χ3v) is 5.15. The Labute approximate surface area is 137 Å². The molecule has 1 aliphatic heterocycles. The van der Waals surface area contributed by atoms with Crippen LogP contribution in [0.5, 0.6) is 0 Å². The maximum atomic E-state index is 12.4. The van der Waals surface area contributed by atoms with Gasteiger partial charge in [-0.25, -0.2) is 4.98 Å². The Kier molecular flexibility index (Phi) is 5.19. The first-order chi connectivity index (χ1) is 10.7. The van der Waals surface area contributed by atoms with Crippen molar-refractivity contribution < 1.29 is 4.79 Å². The first kappa shape index (κ1) is 15.6. The molecule has 1 aromatic rings. The van der Waals surface area contributed by atoms with Crippen molar-refractivity contribution in [3.05, 3.63) is 23.4 Å². The summed E-state index contributed by atoms with van der Waals surface area (Å²) in [5, 5.41) is 3.94. The lowest BCUT2D eigenvalue weighted by Crippen LogP contribution is -2.44. The second kappa shape index (κ2) is 7.32. The third kappa shape index (κ3) is 3.72. The van der Waals surface area contributed by atoms with Crippen LogP contribution in [-0.4, -0.2) is 30.0 Å². The number of carbonyl (C=O) groups excluding carboxylic acids is 1. The fourth-order valence-corrected chi connectivity index (χ4v) is 3.77. The van der Waals surface area contributed by atoms with Crippen molar-refractivity contribution in [2.24, 2.45) is 5.92 Å². The molecule has 2 fully saturated rings. The van der Waals surface area contributed by atoms with Gasteiger partial charge in [0.2, 0.25) is 5.91 Å². The van der Waals surface area contributed by atoms with E-state index in [4.69, 9.17) is 11.6 Å². The lowest BCUT2D eigenvalue weighted by Gasteiger charge is -2.33. The van der Waals surface area contributed by atoms with E-state index < -0.39 is 0 Å². The van der Waals surface area contributed by atoms with Gasteiger partial charge in [0.1, 0.15) is 5.82 Å². The van der Waals surface area contributed by atoms with E-state index in [2.05, 4.69) is 15.2 Å². The van der Waals surface area contributed by atoms with Crippen LogP contribution in [0.2, 0.25) is 5.02 Å². The fraction of sp³-hybridized carbons (Fsp3) is 0.647. The van der Waals surface area contributed by atoms with Gasteiger partial charge in [0.05, 0.1) is 5.02 Å². The molecule has 0 bridgehead atoms. The molecule has 0 radical (unpaired) electrons. The van der Waals surface area contributed by atoms with E-state index in [1.807, 2.05) is 12.1 Å². The van der Waals surface area contributed by atoms with Crippen LogP contribution in [0.15, 0.2) is 18.3 Å². The first-order valence-corrected chi connectivity index (χ1v) is 8.77. The van der Waals surface area contributed by atoms with Crippen LogP contribution in [0.4, 0.5) is 5.82 Å². The number of nitrogens with one attached hydrogen (secondary N) is 1. The molecule has 0 aromatic carbocycles. The first-order valence-electron chi connectivity index (χ1n) is 8.40. The summed E-state index contributed by atoms with van der Waals surface area (Å²) in [6.07, 6.45) is 9.64. The van der Waals surface area contributed by atoms with E-state index in [-0.39, 0.29) is 11.8 Å². The highest BCUT2D eigenvalue weighted by Crippen LogP contribution is 2.27. The van der Waals surface area contributed by atoms with Gasteiger partial charge >= 0.3 is 0 Å². The lowest BCUT2D eigenvalue weighted by molar-refractivity contribution is -0.126. The van der Waals surface area contributed by atoms with Gasteiger partial charge in [0.15, 0.2) is 0 Å². The Morgan fingerprint density at radius 1 is 1.18 bits per heavy atom. The predicted octanol–water partition coefficient (Wildman–Crippen LogP) is 3.40. The molecule has 0 atom stereocenters. The lowest BCUT2D eigenvalue weighted by atomic mass is 9.92. The summed E-state index contributed by atoms with van der Waals surface area (Å²) < 4.78 is 0. The molecule has 120 valence electrons. The number of aromatic nitrogens is 1. The van der Waals surface area contributed by atoms with Crippen LogP contribution in [0.25, 0.3) is 0 Å². The molecule has 1 aromatic heterocycles. The van der Waals surface area contributed by atoms with E-state index in [0.717, 1.165) is 44.6 Å². The molecule has 2 aliphatic rings. The predicted molar refractivity (Wildman–Crippen MR) is 89.2 cm³/mol. The standard InChI is InChI=1S/C17H24ClN3O/c18-15-7-4-10-19-16(15)21-11-8-13(9-12-21)17(22)20-14-5-2-1-3-6-14/h4,7,10,13-14H,1-3,5-6,8-9,11-12H2,(H,20,22). The summed E-state index contributed by atoms with van der Waals surface area (Å²) >= 11 is 6.20. The molecular formula is C17H24ClN3O. The van der Waals surface area contributed by atoms with Crippen molar-refractivity contribution in [3.8, 4) is 0 Å². The quantitative estimate of drug-likeness (QED) is 0.928. The van der Waals surface area contributed by atoms with Crippen LogP contribution < -0.4 is 10.2 Å². The number of nitrogens with zero attached hydrogens (tertiary/aromatic N) is 2. The van der Waals surface area contributed by atoms with Gasteiger partial charge in [-0.2, -0.15) is 0 Å². The number of hydrogen-bond acceptors (Lipinski definition) is 3. The number of amides is 1. The zero-order chi connectivity index (χ0) is 15.4. The number of piperidine rings is 1. The minimum atomic E-state index is 0.140. The van der Waals surface area contributed by atoms with Gasteiger partial charge in [-0.15, -0.1) is 0 Å². The molecular weight excluding hydrogens is 298 g/mol. The highest BCUT2D eigenvalue weighted by Gasteiger charge is 2.28. The highest BCUT2D eigenvalue weighted by molar-refractivity contribution is 6.32. The fourth-order valence-electron chi connectivity index (χ4n) is 3.53. The Morgan fingerprint density at radius 3 is 2.59 bits per heavy atom. The molecule has 1 N–H and O–H groups in total. The number of halogens is 1. The Morgan fingerprint density at radius 2 is 1.91 bits per heavy atom. The number of rotatable bonds is 3. The molecule has 0 unspecified atom stereocenters. The summed E-state index contributed by atoms with van der Waals surface area (Å²) in [5.74, 6) is 1.23. The molecule has 5 heteroatoms. The molecule has 1 aliphatic carbocycles. The van der Waals surface area contributed by atoms with Crippen molar-refractivity contribution in [1.82, 2.24) is 10.3 Å². The Hall–Kier alpha value is -1.29. The van der Waals surface area contributed by atoms with E-state index in [0.29, 0.717) is 11.1 Å². The topological polar surface area (TPSA) is 45.2 Å². The smallest absolute Gasteiger partial charge is 0.223 e. The van der Waals surface area contributed by atoms with Gasteiger partial charge in [0, 0.05) is 31.2 Å².